The van der Waals surface area contributed by atoms with Crippen LogP contribution in [0, 0.1) is 17.6 Å². The molecule has 3 N–H and O–H groups in total. The van der Waals surface area contributed by atoms with Crippen molar-refractivity contribution >= 4 is 28.5 Å². The normalized spacial score (nSPS) is 21.2. The predicted octanol–water partition coefficient (Wildman–Crippen LogP) is 3.20. The first-order chi connectivity index (χ1) is 15.2. The highest BCUT2D eigenvalue weighted by Crippen LogP contribution is 2.55. The van der Waals surface area contributed by atoms with Crippen molar-refractivity contribution in [1.29, 1.82) is 0 Å². The number of rotatable bonds is 8. The highest BCUT2D eigenvalue weighted by Gasteiger charge is 2.50. The third kappa shape index (κ3) is 5.52. The second-order valence-corrected chi connectivity index (χ2v) is 8.64. The minimum atomic E-state index is -1.04. The fraction of sp³-hybridized carbons (Fsp3) is 0.429. The lowest BCUT2D eigenvalue weighted by Crippen LogP contribution is -2.17. The number of carbonyl (C=O) groups is 1. The van der Waals surface area contributed by atoms with Crippen LogP contribution in [0.25, 0.3) is 0 Å². The van der Waals surface area contributed by atoms with Crippen molar-refractivity contribution in [2.45, 2.75) is 31.1 Å². The highest BCUT2D eigenvalue weighted by atomic mass is 32.2. The van der Waals surface area contributed by atoms with Crippen molar-refractivity contribution in [3.05, 3.63) is 47.4 Å². The van der Waals surface area contributed by atoms with E-state index in [1.165, 1.54) is 30.2 Å². The molecule has 1 aliphatic carbocycles. The summed E-state index contributed by atoms with van der Waals surface area (Å²) in [5, 5.41) is 2.92. The fourth-order valence-electron chi connectivity index (χ4n) is 3.16. The van der Waals surface area contributed by atoms with Crippen LogP contribution in [0.5, 0.6) is 5.88 Å². The summed E-state index contributed by atoms with van der Waals surface area (Å²) in [7, 11) is 3.14. The fourth-order valence-corrected chi connectivity index (χ4v) is 4.38. The van der Waals surface area contributed by atoms with Gasteiger partial charge in [-0.2, -0.15) is 0 Å². The highest BCUT2D eigenvalue weighted by molar-refractivity contribution is 8.14. The Bertz CT molecular complexity index is 1010. The Kier molecular flexibility index (Phi) is 7.62. The third-order valence-electron chi connectivity index (χ3n) is 5.18. The van der Waals surface area contributed by atoms with E-state index in [-0.39, 0.29) is 52.6 Å². The van der Waals surface area contributed by atoms with E-state index < -0.39 is 17.5 Å². The molecule has 2 aromatic rings. The van der Waals surface area contributed by atoms with Gasteiger partial charge >= 0.3 is 0 Å². The van der Waals surface area contributed by atoms with E-state index in [2.05, 4.69) is 20.3 Å². The minimum Gasteiger partial charge on any atom is -0.474 e. The summed E-state index contributed by atoms with van der Waals surface area (Å²) >= 11 is 1.33. The lowest BCUT2D eigenvalue weighted by atomic mass is 10.1. The van der Waals surface area contributed by atoms with Crippen molar-refractivity contribution < 1.29 is 23.0 Å². The monoisotopic (exact) mass is 465 g/mol. The molecule has 1 amide bonds. The molecule has 8 nitrogen and oxygen atoms in total. The van der Waals surface area contributed by atoms with Gasteiger partial charge < -0.3 is 20.5 Å². The average molecular weight is 466 g/mol. The van der Waals surface area contributed by atoms with Crippen molar-refractivity contribution in [1.82, 2.24) is 9.97 Å². The molecule has 1 aromatic carbocycles. The molecule has 1 heterocycles. The molecular formula is C21H25F2N5O3S. The van der Waals surface area contributed by atoms with Crippen LogP contribution in [-0.4, -0.2) is 53.2 Å². The van der Waals surface area contributed by atoms with Gasteiger partial charge in [0.15, 0.2) is 16.8 Å². The molecule has 1 fully saturated rings. The van der Waals surface area contributed by atoms with Crippen LogP contribution in [0.15, 0.2) is 29.5 Å². The molecule has 3 rings (SSSR count). The van der Waals surface area contributed by atoms with Gasteiger partial charge in [0.05, 0.1) is 18.5 Å². The number of amides is 1. The summed E-state index contributed by atoms with van der Waals surface area (Å²) in [4.78, 5) is 24.5. The number of thioether (sulfide) groups is 1. The predicted molar refractivity (Wildman–Crippen MR) is 119 cm³/mol. The van der Waals surface area contributed by atoms with Crippen LogP contribution in [0.3, 0.4) is 0 Å². The third-order valence-corrected chi connectivity index (χ3v) is 6.60. The summed E-state index contributed by atoms with van der Waals surface area (Å²) < 4.78 is 39.2. The second-order valence-electron chi connectivity index (χ2n) is 7.44. The van der Waals surface area contributed by atoms with E-state index in [1.54, 1.807) is 14.2 Å². The molecule has 0 aliphatic heterocycles. The number of anilines is 1. The number of ether oxygens (including phenoxy) is 2. The molecule has 1 saturated carbocycles. The summed E-state index contributed by atoms with van der Waals surface area (Å²) in [5.41, 5.74) is 6.08. The number of carbonyl (C=O) groups excluding carboxylic acids is 1. The molecule has 0 bridgehead atoms. The van der Waals surface area contributed by atoms with Crippen LogP contribution in [0.4, 0.5) is 14.5 Å². The summed E-state index contributed by atoms with van der Waals surface area (Å²) in [6.07, 6.45) is 2.42. The molecule has 32 heavy (non-hydrogen) atoms. The maximum Gasteiger partial charge on any atom is 0.275 e. The number of amidine groups is 1. The molecular weight excluding hydrogens is 440 g/mol. The Morgan fingerprint density at radius 2 is 2.09 bits per heavy atom. The number of nitrogens with two attached hydrogens (primary N) is 1. The van der Waals surface area contributed by atoms with Crippen molar-refractivity contribution in [3.8, 4) is 5.88 Å². The molecule has 172 valence electrons. The first-order valence-corrected chi connectivity index (χ1v) is 10.8. The first kappa shape index (κ1) is 23.9. The number of hydrogen-bond acceptors (Lipinski definition) is 7. The first-order valence-electron chi connectivity index (χ1n) is 9.92. The second kappa shape index (κ2) is 10.2. The largest absolute Gasteiger partial charge is 0.474 e. The zero-order chi connectivity index (χ0) is 23.4. The van der Waals surface area contributed by atoms with Crippen LogP contribution in [0.2, 0.25) is 0 Å². The average Bonchev–Trinajstić information content (AvgIpc) is 3.42. The number of nitrogens with one attached hydrogen (secondary N) is 1. The lowest BCUT2D eigenvalue weighted by Gasteiger charge is -2.11. The quantitative estimate of drug-likeness (QED) is 0.455. The van der Waals surface area contributed by atoms with Gasteiger partial charge in [0.2, 0.25) is 5.88 Å². The van der Waals surface area contributed by atoms with Crippen LogP contribution in [0.1, 0.15) is 35.8 Å². The molecule has 0 spiro atoms. The van der Waals surface area contributed by atoms with Gasteiger partial charge in [-0.3, -0.25) is 9.79 Å². The van der Waals surface area contributed by atoms with Crippen LogP contribution in [-0.2, 0) is 4.74 Å². The molecule has 4 atom stereocenters. The maximum absolute atomic E-state index is 14.5. The van der Waals surface area contributed by atoms with E-state index in [0.717, 1.165) is 6.07 Å². The molecule has 1 aliphatic rings. The van der Waals surface area contributed by atoms with Crippen LogP contribution >= 0.6 is 11.8 Å². The Hall–Kier alpha value is -2.79. The number of aliphatic imine (C=N–C) groups is 1. The van der Waals surface area contributed by atoms with Gasteiger partial charge in [-0.15, -0.1) is 0 Å². The van der Waals surface area contributed by atoms with Gasteiger partial charge in [-0.1, -0.05) is 18.7 Å². The van der Waals surface area contributed by atoms with Crippen molar-refractivity contribution in [3.63, 3.8) is 0 Å². The van der Waals surface area contributed by atoms with Gasteiger partial charge in [0, 0.05) is 37.1 Å². The number of hydrogen-bond donors (Lipinski definition) is 2. The zero-order valence-electron chi connectivity index (χ0n) is 18.1. The van der Waals surface area contributed by atoms with Gasteiger partial charge in [0.25, 0.3) is 5.91 Å². The van der Waals surface area contributed by atoms with Gasteiger partial charge in [-0.05, 0) is 24.5 Å². The topological polar surface area (TPSA) is 112 Å². The van der Waals surface area contributed by atoms with Gasteiger partial charge in [0.1, 0.15) is 12.3 Å². The summed E-state index contributed by atoms with van der Waals surface area (Å²) in [6, 6.07) is 2.37. The number of aromatic nitrogens is 2. The Labute approximate surface area is 189 Å². The van der Waals surface area contributed by atoms with E-state index in [0.29, 0.717) is 5.17 Å². The zero-order valence-corrected chi connectivity index (χ0v) is 19.0. The van der Waals surface area contributed by atoms with E-state index in [9.17, 15) is 13.6 Å². The standard InChI is InChI=1S/C21H25F2N5O3S/c1-10(30-4)9-31-16-8-26-15(7-27-16)20(29)28-12-5-13(18(23)14(22)6-12)17-11(2)19(17)32-21(24)25-3/h5-8,10-11,17,19H,9H2,1-4H3,(H2,24,25)(H,28,29)/t10?,11-,17?,19?/m0/s1. The molecule has 1 aromatic heterocycles. The summed E-state index contributed by atoms with van der Waals surface area (Å²) in [6.45, 7) is 4.05. The van der Waals surface area contributed by atoms with Crippen LogP contribution < -0.4 is 15.8 Å². The number of nitrogens with zero attached hydrogens (tertiary/aromatic N) is 3. The number of halogens is 2. The van der Waals surface area contributed by atoms with E-state index in [1.807, 2.05) is 13.8 Å². The van der Waals surface area contributed by atoms with E-state index >= 15 is 0 Å². The Morgan fingerprint density at radius 1 is 1.34 bits per heavy atom. The maximum atomic E-state index is 14.5. The molecule has 0 saturated heterocycles. The molecule has 3 unspecified atom stereocenters. The lowest BCUT2D eigenvalue weighted by molar-refractivity contribution is 0.0697. The Morgan fingerprint density at radius 3 is 2.72 bits per heavy atom. The van der Waals surface area contributed by atoms with E-state index in [4.69, 9.17) is 15.2 Å². The molecule has 11 heteroatoms. The Balaban J connectivity index is 1.70. The van der Waals surface area contributed by atoms with Crippen molar-refractivity contribution in [2.24, 2.45) is 16.6 Å². The van der Waals surface area contributed by atoms with Crippen molar-refractivity contribution in [2.75, 3.05) is 26.1 Å². The van der Waals surface area contributed by atoms with Gasteiger partial charge in [-0.25, -0.2) is 18.7 Å². The SMILES string of the molecule is CN=C(N)SC1C(c2cc(NC(=O)c3cnc(OCC(C)OC)cn3)cc(F)c2F)[C@@H]1C. The minimum absolute atomic E-state index is 0.00331. The number of methoxy groups -OCH3 is 1. The smallest absolute Gasteiger partial charge is 0.275 e. The number of benzene rings is 1. The summed E-state index contributed by atoms with van der Waals surface area (Å²) in [5.74, 6) is -2.50. The molecule has 0 radical (unpaired) electrons.